The topological polar surface area (TPSA) is 29.9 Å². The Bertz CT molecular complexity index is 555. The number of aromatic nitrogens is 2. The van der Waals surface area contributed by atoms with Gasteiger partial charge in [0.15, 0.2) is 0 Å². The van der Waals surface area contributed by atoms with Crippen molar-refractivity contribution in [2.45, 2.75) is 44.2 Å². The van der Waals surface area contributed by atoms with Crippen LogP contribution in [0.1, 0.15) is 43.5 Å². The van der Waals surface area contributed by atoms with Crippen LogP contribution >= 0.6 is 0 Å². The molecule has 0 radical (unpaired) electrons. The van der Waals surface area contributed by atoms with E-state index >= 15 is 0 Å². The molecule has 3 rings (SSSR count). The molecule has 0 saturated heterocycles. The van der Waals surface area contributed by atoms with Crippen LogP contribution in [0.5, 0.6) is 0 Å². The summed E-state index contributed by atoms with van der Waals surface area (Å²) in [6.45, 7) is 3.19. The Balaban J connectivity index is 1.96. The van der Waals surface area contributed by atoms with Crippen molar-refractivity contribution in [3.8, 4) is 0 Å². The number of hydrogen-bond donors (Lipinski definition) is 1. The summed E-state index contributed by atoms with van der Waals surface area (Å²) < 4.78 is 2.16. The van der Waals surface area contributed by atoms with Gasteiger partial charge in [-0.25, -0.2) is 0 Å². The molecule has 0 aliphatic heterocycles. The molecule has 1 saturated carbocycles. The van der Waals surface area contributed by atoms with Gasteiger partial charge in [-0.05, 0) is 37.9 Å². The van der Waals surface area contributed by atoms with E-state index in [1.165, 1.54) is 24.1 Å². The summed E-state index contributed by atoms with van der Waals surface area (Å²) in [6.07, 6.45) is 5.54. The van der Waals surface area contributed by atoms with Gasteiger partial charge in [0.05, 0.1) is 11.7 Å². The number of rotatable bonds is 6. The first kappa shape index (κ1) is 13.4. The van der Waals surface area contributed by atoms with Crippen molar-refractivity contribution in [1.29, 1.82) is 0 Å². The minimum absolute atomic E-state index is 0.252. The Labute approximate surface area is 121 Å². The van der Waals surface area contributed by atoms with Gasteiger partial charge in [-0.15, -0.1) is 0 Å². The van der Waals surface area contributed by atoms with Gasteiger partial charge < -0.3 is 5.32 Å². The van der Waals surface area contributed by atoms with Crippen LogP contribution in [0.4, 0.5) is 0 Å². The highest BCUT2D eigenvalue weighted by Crippen LogP contribution is 2.56. The quantitative estimate of drug-likeness (QED) is 0.872. The second kappa shape index (κ2) is 5.41. The maximum absolute atomic E-state index is 4.49. The standard InChI is InChI=1S/C17H23N3/c1-3-13-20-15(9-12-19-20)16(18-2)17(10-11-17)14-7-5-4-6-8-14/h4-9,12,16,18H,3,10-11,13H2,1-2H3. The van der Waals surface area contributed by atoms with E-state index in [2.05, 4.69) is 65.5 Å². The maximum atomic E-state index is 4.49. The van der Waals surface area contributed by atoms with Gasteiger partial charge in [0.2, 0.25) is 0 Å². The molecule has 0 bridgehead atoms. The van der Waals surface area contributed by atoms with Gasteiger partial charge in [-0.2, -0.15) is 5.10 Å². The number of likely N-dealkylation sites (N-methyl/N-ethyl adjacent to an activating group) is 1. The van der Waals surface area contributed by atoms with Crippen LogP contribution in [0.2, 0.25) is 0 Å². The molecule has 2 aromatic rings. The first-order chi connectivity index (χ1) is 9.81. The minimum atomic E-state index is 0.252. The van der Waals surface area contributed by atoms with Gasteiger partial charge in [0.1, 0.15) is 0 Å². The third kappa shape index (κ3) is 2.16. The zero-order valence-electron chi connectivity index (χ0n) is 12.3. The minimum Gasteiger partial charge on any atom is -0.311 e. The van der Waals surface area contributed by atoms with Gasteiger partial charge in [0, 0.05) is 18.2 Å². The Hall–Kier alpha value is -1.61. The predicted molar refractivity (Wildman–Crippen MR) is 81.7 cm³/mol. The molecule has 3 nitrogen and oxygen atoms in total. The van der Waals surface area contributed by atoms with Gasteiger partial charge in [-0.3, -0.25) is 4.68 Å². The molecule has 1 aromatic carbocycles. The first-order valence-electron chi connectivity index (χ1n) is 7.56. The number of nitrogens with zero attached hydrogens (tertiary/aromatic N) is 2. The lowest BCUT2D eigenvalue weighted by Crippen LogP contribution is -2.31. The second-order valence-electron chi connectivity index (χ2n) is 5.72. The summed E-state index contributed by atoms with van der Waals surface area (Å²) >= 11 is 0. The number of benzene rings is 1. The molecule has 3 heteroatoms. The average Bonchev–Trinajstić information content (AvgIpc) is 3.17. The van der Waals surface area contributed by atoms with Crippen molar-refractivity contribution in [2.75, 3.05) is 7.05 Å². The normalized spacial score (nSPS) is 17.9. The van der Waals surface area contributed by atoms with Crippen LogP contribution in [0, 0.1) is 0 Å². The predicted octanol–water partition coefficient (Wildman–Crippen LogP) is 3.29. The van der Waals surface area contributed by atoms with E-state index in [0.717, 1.165) is 13.0 Å². The molecule has 20 heavy (non-hydrogen) atoms. The van der Waals surface area contributed by atoms with Crippen LogP contribution < -0.4 is 5.32 Å². The number of aryl methyl sites for hydroxylation is 1. The fourth-order valence-electron chi connectivity index (χ4n) is 3.34. The molecule has 1 aromatic heterocycles. The van der Waals surface area contributed by atoms with E-state index in [1.807, 2.05) is 6.20 Å². The molecule has 1 heterocycles. The Morgan fingerprint density at radius 2 is 2.00 bits per heavy atom. The van der Waals surface area contributed by atoms with Crippen LogP contribution in [-0.4, -0.2) is 16.8 Å². The molecule has 106 valence electrons. The molecule has 1 N–H and O–H groups in total. The van der Waals surface area contributed by atoms with Crippen LogP contribution in [0.25, 0.3) is 0 Å². The van der Waals surface area contributed by atoms with Crippen LogP contribution in [-0.2, 0) is 12.0 Å². The Morgan fingerprint density at radius 3 is 2.60 bits per heavy atom. The van der Waals surface area contributed by atoms with Crippen molar-refractivity contribution in [3.63, 3.8) is 0 Å². The molecular formula is C17H23N3. The molecule has 1 aliphatic rings. The summed E-state index contributed by atoms with van der Waals surface area (Å²) in [6, 6.07) is 13.4. The summed E-state index contributed by atoms with van der Waals surface area (Å²) in [4.78, 5) is 0. The van der Waals surface area contributed by atoms with Crippen molar-refractivity contribution < 1.29 is 0 Å². The molecule has 1 atom stereocenters. The summed E-state index contributed by atoms with van der Waals surface area (Å²) in [7, 11) is 2.07. The zero-order valence-corrected chi connectivity index (χ0v) is 12.3. The highest BCUT2D eigenvalue weighted by Gasteiger charge is 2.51. The molecule has 0 amide bonds. The lowest BCUT2D eigenvalue weighted by atomic mass is 9.86. The molecule has 1 unspecified atom stereocenters. The number of hydrogen-bond acceptors (Lipinski definition) is 2. The van der Waals surface area contributed by atoms with E-state index in [-0.39, 0.29) is 5.41 Å². The van der Waals surface area contributed by atoms with Gasteiger partial charge >= 0.3 is 0 Å². The van der Waals surface area contributed by atoms with E-state index in [1.54, 1.807) is 0 Å². The summed E-state index contributed by atoms with van der Waals surface area (Å²) in [5.74, 6) is 0. The molecular weight excluding hydrogens is 246 g/mol. The van der Waals surface area contributed by atoms with Crippen molar-refractivity contribution in [1.82, 2.24) is 15.1 Å². The highest BCUT2D eigenvalue weighted by molar-refractivity contribution is 5.36. The lowest BCUT2D eigenvalue weighted by molar-refractivity contribution is 0.419. The van der Waals surface area contributed by atoms with Crippen LogP contribution in [0.3, 0.4) is 0 Å². The number of nitrogens with one attached hydrogen (secondary N) is 1. The largest absolute Gasteiger partial charge is 0.311 e. The molecule has 1 aliphatic carbocycles. The van der Waals surface area contributed by atoms with E-state index in [4.69, 9.17) is 0 Å². The smallest absolute Gasteiger partial charge is 0.0587 e. The molecule has 0 spiro atoms. The van der Waals surface area contributed by atoms with Gasteiger partial charge in [0.25, 0.3) is 0 Å². The monoisotopic (exact) mass is 269 g/mol. The average molecular weight is 269 g/mol. The fourth-order valence-corrected chi connectivity index (χ4v) is 3.34. The third-order valence-corrected chi connectivity index (χ3v) is 4.46. The van der Waals surface area contributed by atoms with Crippen LogP contribution in [0.15, 0.2) is 42.6 Å². The van der Waals surface area contributed by atoms with E-state index in [9.17, 15) is 0 Å². The maximum Gasteiger partial charge on any atom is 0.0587 e. The Kier molecular flexibility index (Phi) is 3.62. The Morgan fingerprint density at radius 1 is 1.25 bits per heavy atom. The third-order valence-electron chi connectivity index (χ3n) is 4.46. The molecule has 1 fully saturated rings. The van der Waals surface area contributed by atoms with Crippen molar-refractivity contribution in [3.05, 3.63) is 53.9 Å². The van der Waals surface area contributed by atoms with Crippen molar-refractivity contribution >= 4 is 0 Å². The second-order valence-corrected chi connectivity index (χ2v) is 5.72. The zero-order chi connectivity index (χ0) is 14.0. The fraction of sp³-hybridized carbons (Fsp3) is 0.471. The van der Waals surface area contributed by atoms with Gasteiger partial charge in [-0.1, -0.05) is 37.3 Å². The van der Waals surface area contributed by atoms with E-state index in [0.29, 0.717) is 6.04 Å². The highest BCUT2D eigenvalue weighted by atomic mass is 15.3. The summed E-state index contributed by atoms with van der Waals surface area (Å²) in [5.41, 5.74) is 3.01. The SMILES string of the molecule is CCCn1nccc1C(NC)C1(c2ccccc2)CC1. The van der Waals surface area contributed by atoms with Crippen molar-refractivity contribution in [2.24, 2.45) is 0 Å². The first-order valence-corrected chi connectivity index (χ1v) is 7.56. The summed E-state index contributed by atoms with van der Waals surface area (Å²) in [5, 5.41) is 8.03. The lowest BCUT2D eigenvalue weighted by Gasteiger charge is -2.28. The van der Waals surface area contributed by atoms with E-state index < -0.39 is 0 Å².